The number of hydrogen-bond donors (Lipinski definition) is 1. The molecule has 1 aromatic heterocycles. The van der Waals surface area contributed by atoms with Crippen LogP contribution in [0.5, 0.6) is 5.75 Å². The molecule has 1 aliphatic rings. The third-order valence-corrected chi connectivity index (χ3v) is 5.08. The Labute approximate surface area is 162 Å². The van der Waals surface area contributed by atoms with Crippen molar-refractivity contribution in [1.29, 1.82) is 0 Å². The quantitative estimate of drug-likeness (QED) is 0.848. The van der Waals surface area contributed by atoms with Crippen LogP contribution in [-0.4, -0.2) is 35.9 Å². The van der Waals surface area contributed by atoms with Crippen LogP contribution >= 0.6 is 11.6 Å². The van der Waals surface area contributed by atoms with Gasteiger partial charge in [0.1, 0.15) is 16.8 Å². The SMILES string of the molecule is COc1ccc(NC(=O)[C@H](C)n2ncc(N3CCCCC3)c(Cl)c2=O)cc1. The highest BCUT2D eigenvalue weighted by Crippen LogP contribution is 2.25. The molecule has 0 radical (unpaired) electrons. The van der Waals surface area contributed by atoms with Crippen molar-refractivity contribution in [3.63, 3.8) is 0 Å². The zero-order valence-corrected chi connectivity index (χ0v) is 16.2. The van der Waals surface area contributed by atoms with Crippen LogP contribution in [0.1, 0.15) is 32.2 Å². The molecule has 3 rings (SSSR count). The van der Waals surface area contributed by atoms with Crippen LogP contribution in [0.3, 0.4) is 0 Å². The Morgan fingerprint density at radius 1 is 1.22 bits per heavy atom. The minimum absolute atomic E-state index is 0.107. The van der Waals surface area contributed by atoms with Crippen molar-refractivity contribution in [2.75, 3.05) is 30.4 Å². The van der Waals surface area contributed by atoms with Gasteiger partial charge in [0.25, 0.3) is 5.56 Å². The van der Waals surface area contributed by atoms with Crippen molar-refractivity contribution in [2.45, 2.75) is 32.2 Å². The van der Waals surface area contributed by atoms with Gasteiger partial charge in [0.05, 0.1) is 19.0 Å². The van der Waals surface area contributed by atoms with Crippen LogP contribution < -0.4 is 20.5 Å². The first-order valence-electron chi connectivity index (χ1n) is 8.98. The molecule has 1 atom stereocenters. The van der Waals surface area contributed by atoms with Crippen LogP contribution in [0.2, 0.25) is 5.02 Å². The molecular weight excluding hydrogens is 368 g/mol. The second-order valence-electron chi connectivity index (χ2n) is 6.53. The fraction of sp³-hybridized carbons (Fsp3) is 0.421. The zero-order valence-electron chi connectivity index (χ0n) is 15.4. The molecule has 1 N–H and O–H groups in total. The van der Waals surface area contributed by atoms with E-state index in [1.807, 2.05) is 0 Å². The molecule has 27 heavy (non-hydrogen) atoms. The third kappa shape index (κ3) is 4.24. The van der Waals surface area contributed by atoms with E-state index in [2.05, 4.69) is 15.3 Å². The van der Waals surface area contributed by atoms with Crippen LogP contribution in [-0.2, 0) is 4.79 Å². The summed E-state index contributed by atoms with van der Waals surface area (Å²) in [5, 5.41) is 7.08. The number of aromatic nitrogens is 2. The number of methoxy groups -OCH3 is 1. The molecule has 7 nitrogen and oxygen atoms in total. The topological polar surface area (TPSA) is 76.5 Å². The molecule has 0 spiro atoms. The van der Waals surface area contributed by atoms with Gasteiger partial charge in [-0.1, -0.05) is 11.6 Å². The average molecular weight is 391 g/mol. The summed E-state index contributed by atoms with van der Waals surface area (Å²) in [5.74, 6) is 0.343. The lowest BCUT2D eigenvalue weighted by molar-refractivity contribution is -0.119. The van der Waals surface area contributed by atoms with Gasteiger partial charge in [0.2, 0.25) is 5.91 Å². The summed E-state index contributed by atoms with van der Waals surface area (Å²) < 4.78 is 6.21. The summed E-state index contributed by atoms with van der Waals surface area (Å²) >= 11 is 6.31. The van der Waals surface area contributed by atoms with E-state index in [0.717, 1.165) is 30.6 Å². The Kier molecular flexibility index (Phi) is 6.01. The minimum atomic E-state index is -0.799. The molecule has 144 valence electrons. The molecule has 1 aliphatic heterocycles. The molecule has 0 bridgehead atoms. The van der Waals surface area contributed by atoms with Crippen molar-refractivity contribution in [1.82, 2.24) is 9.78 Å². The molecule has 0 aliphatic carbocycles. The van der Waals surface area contributed by atoms with E-state index in [9.17, 15) is 9.59 Å². The summed E-state index contributed by atoms with van der Waals surface area (Å²) in [6.45, 7) is 3.33. The number of hydrogen-bond acceptors (Lipinski definition) is 5. The molecule has 0 unspecified atom stereocenters. The van der Waals surface area contributed by atoms with E-state index in [1.165, 1.54) is 6.42 Å². The first-order chi connectivity index (χ1) is 13.0. The van der Waals surface area contributed by atoms with Crippen LogP contribution in [0.4, 0.5) is 11.4 Å². The van der Waals surface area contributed by atoms with Crippen LogP contribution in [0.25, 0.3) is 0 Å². The second kappa shape index (κ2) is 8.43. The Morgan fingerprint density at radius 3 is 2.52 bits per heavy atom. The number of nitrogens with zero attached hydrogens (tertiary/aromatic N) is 3. The maximum absolute atomic E-state index is 12.7. The summed E-state index contributed by atoms with van der Waals surface area (Å²) in [6, 6.07) is 6.15. The van der Waals surface area contributed by atoms with E-state index < -0.39 is 11.6 Å². The normalized spacial score (nSPS) is 15.3. The largest absolute Gasteiger partial charge is 0.497 e. The van der Waals surface area contributed by atoms with Crippen molar-refractivity contribution in [3.8, 4) is 5.75 Å². The summed E-state index contributed by atoms with van der Waals surface area (Å²) in [7, 11) is 1.57. The summed E-state index contributed by atoms with van der Waals surface area (Å²) in [4.78, 5) is 27.3. The highest BCUT2D eigenvalue weighted by atomic mass is 35.5. The maximum Gasteiger partial charge on any atom is 0.288 e. The predicted octanol–water partition coefficient (Wildman–Crippen LogP) is 3.10. The molecular formula is C19H23ClN4O3. The Bertz CT molecular complexity index is 860. The standard InChI is InChI=1S/C19H23ClN4O3/c1-13(18(25)22-14-6-8-15(27-2)9-7-14)24-19(26)17(20)16(12-21-24)23-10-4-3-5-11-23/h6-9,12-13H,3-5,10-11H2,1-2H3,(H,22,25)/t13-/m0/s1. The number of piperidine rings is 1. The lowest BCUT2D eigenvalue weighted by atomic mass is 10.1. The number of ether oxygens (including phenoxy) is 1. The van der Waals surface area contributed by atoms with Gasteiger partial charge in [-0.25, -0.2) is 4.68 Å². The summed E-state index contributed by atoms with van der Waals surface area (Å²) in [6.07, 6.45) is 4.90. The lowest BCUT2D eigenvalue weighted by Gasteiger charge is -2.29. The van der Waals surface area contributed by atoms with Crippen molar-refractivity contribution in [2.24, 2.45) is 0 Å². The van der Waals surface area contributed by atoms with Gasteiger partial charge in [-0.15, -0.1) is 0 Å². The highest BCUT2D eigenvalue weighted by molar-refractivity contribution is 6.33. The molecule has 2 heterocycles. The van der Waals surface area contributed by atoms with Gasteiger partial charge in [-0.05, 0) is 50.5 Å². The number of carbonyl (C=O) groups excluding carboxylic acids is 1. The Hall–Kier alpha value is -2.54. The van der Waals surface area contributed by atoms with E-state index >= 15 is 0 Å². The fourth-order valence-electron chi connectivity index (χ4n) is 3.10. The number of nitrogens with one attached hydrogen (secondary N) is 1. The number of rotatable bonds is 5. The Balaban J connectivity index is 1.77. The van der Waals surface area contributed by atoms with Gasteiger partial charge in [0.15, 0.2) is 0 Å². The van der Waals surface area contributed by atoms with Crippen LogP contribution in [0, 0.1) is 0 Å². The van der Waals surface area contributed by atoms with Gasteiger partial charge >= 0.3 is 0 Å². The molecule has 1 amide bonds. The summed E-state index contributed by atoms with van der Waals surface area (Å²) in [5.41, 5.74) is 0.786. The van der Waals surface area contributed by atoms with Crippen molar-refractivity contribution < 1.29 is 9.53 Å². The number of amides is 1. The van der Waals surface area contributed by atoms with E-state index in [4.69, 9.17) is 16.3 Å². The zero-order chi connectivity index (χ0) is 19.4. The maximum atomic E-state index is 12.7. The second-order valence-corrected chi connectivity index (χ2v) is 6.91. The molecule has 1 aromatic carbocycles. The number of anilines is 2. The Morgan fingerprint density at radius 2 is 1.89 bits per heavy atom. The monoisotopic (exact) mass is 390 g/mol. The molecule has 8 heteroatoms. The molecule has 1 saturated heterocycles. The first-order valence-corrected chi connectivity index (χ1v) is 9.36. The first kappa shape index (κ1) is 19.2. The predicted molar refractivity (Wildman–Crippen MR) is 106 cm³/mol. The highest BCUT2D eigenvalue weighted by Gasteiger charge is 2.22. The van der Waals surface area contributed by atoms with E-state index in [0.29, 0.717) is 17.1 Å². The molecule has 2 aromatic rings. The van der Waals surface area contributed by atoms with Crippen molar-refractivity contribution in [3.05, 3.63) is 45.8 Å². The average Bonchev–Trinajstić information content (AvgIpc) is 2.70. The molecule has 0 saturated carbocycles. The number of halogens is 1. The smallest absolute Gasteiger partial charge is 0.288 e. The van der Waals surface area contributed by atoms with Gasteiger partial charge in [-0.2, -0.15) is 5.10 Å². The van der Waals surface area contributed by atoms with Gasteiger partial charge in [0, 0.05) is 18.8 Å². The lowest BCUT2D eigenvalue weighted by Crippen LogP contribution is -2.36. The minimum Gasteiger partial charge on any atom is -0.497 e. The van der Waals surface area contributed by atoms with Crippen LogP contribution in [0.15, 0.2) is 35.3 Å². The number of benzene rings is 1. The van der Waals surface area contributed by atoms with E-state index in [1.54, 1.807) is 44.5 Å². The van der Waals surface area contributed by atoms with Crippen molar-refractivity contribution >= 4 is 28.9 Å². The fourth-order valence-corrected chi connectivity index (χ4v) is 3.35. The van der Waals surface area contributed by atoms with Gasteiger partial charge < -0.3 is 15.0 Å². The van der Waals surface area contributed by atoms with Gasteiger partial charge in [-0.3, -0.25) is 9.59 Å². The third-order valence-electron chi connectivity index (χ3n) is 4.73. The molecule has 1 fully saturated rings. The number of carbonyl (C=O) groups is 1. The van der Waals surface area contributed by atoms with E-state index in [-0.39, 0.29) is 10.9 Å².